The van der Waals surface area contributed by atoms with E-state index in [1.807, 2.05) is 6.92 Å². The molecule has 88 valence electrons. The average molecular weight is 213 g/mol. The SMILES string of the molecule is CCCNCCNC(=O)C1(C)CCNC1. The maximum Gasteiger partial charge on any atom is 0.227 e. The van der Waals surface area contributed by atoms with Crippen molar-refractivity contribution in [3.8, 4) is 0 Å². The first kappa shape index (κ1) is 12.5. The van der Waals surface area contributed by atoms with Crippen LogP contribution in [0.5, 0.6) is 0 Å². The van der Waals surface area contributed by atoms with E-state index >= 15 is 0 Å². The van der Waals surface area contributed by atoms with Crippen LogP contribution in [0.4, 0.5) is 0 Å². The van der Waals surface area contributed by atoms with Gasteiger partial charge in [0, 0.05) is 19.6 Å². The van der Waals surface area contributed by atoms with Crippen molar-refractivity contribution in [3.05, 3.63) is 0 Å². The van der Waals surface area contributed by atoms with Gasteiger partial charge in [-0.3, -0.25) is 4.79 Å². The van der Waals surface area contributed by atoms with Gasteiger partial charge in [-0.2, -0.15) is 0 Å². The summed E-state index contributed by atoms with van der Waals surface area (Å²) in [4.78, 5) is 11.8. The molecule has 1 unspecified atom stereocenters. The van der Waals surface area contributed by atoms with Gasteiger partial charge >= 0.3 is 0 Å². The van der Waals surface area contributed by atoms with Gasteiger partial charge in [0.25, 0.3) is 0 Å². The number of nitrogens with one attached hydrogen (secondary N) is 3. The third-order valence-corrected chi connectivity index (χ3v) is 2.93. The minimum absolute atomic E-state index is 0.186. The van der Waals surface area contributed by atoms with Crippen molar-refractivity contribution in [1.29, 1.82) is 0 Å². The van der Waals surface area contributed by atoms with Crippen molar-refractivity contribution < 1.29 is 4.79 Å². The maximum absolute atomic E-state index is 11.8. The molecule has 1 aliphatic heterocycles. The number of hydrogen-bond donors (Lipinski definition) is 3. The second-order valence-electron chi connectivity index (χ2n) is 4.49. The topological polar surface area (TPSA) is 53.2 Å². The van der Waals surface area contributed by atoms with Gasteiger partial charge in [-0.05, 0) is 32.9 Å². The van der Waals surface area contributed by atoms with Crippen LogP contribution >= 0.6 is 0 Å². The molecule has 4 heteroatoms. The Labute approximate surface area is 92.2 Å². The van der Waals surface area contributed by atoms with Gasteiger partial charge < -0.3 is 16.0 Å². The Morgan fingerprint density at radius 1 is 1.40 bits per heavy atom. The predicted octanol–water partition coefficient (Wildman–Crippen LogP) is 0.102. The van der Waals surface area contributed by atoms with Crippen LogP contribution in [0.2, 0.25) is 0 Å². The van der Waals surface area contributed by atoms with E-state index < -0.39 is 0 Å². The smallest absolute Gasteiger partial charge is 0.227 e. The molecule has 4 nitrogen and oxygen atoms in total. The molecule has 1 atom stereocenters. The number of rotatable bonds is 6. The molecule has 0 spiro atoms. The quantitative estimate of drug-likeness (QED) is 0.549. The summed E-state index contributed by atoms with van der Waals surface area (Å²) >= 11 is 0. The van der Waals surface area contributed by atoms with Gasteiger partial charge in [0.15, 0.2) is 0 Å². The van der Waals surface area contributed by atoms with E-state index in [0.29, 0.717) is 0 Å². The average Bonchev–Trinajstić information content (AvgIpc) is 2.66. The highest BCUT2D eigenvalue weighted by Crippen LogP contribution is 2.24. The molecule has 15 heavy (non-hydrogen) atoms. The summed E-state index contributed by atoms with van der Waals surface area (Å²) in [7, 11) is 0. The van der Waals surface area contributed by atoms with E-state index in [1.54, 1.807) is 0 Å². The minimum atomic E-state index is -0.190. The summed E-state index contributed by atoms with van der Waals surface area (Å²) < 4.78 is 0. The first-order valence-corrected chi connectivity index (χ1v) is 5.89. The fourth-order valence-electron chi connectivity index (χ4n) is 1.79. The largest absolute Gasteiger partial charge is 0.354 e. The molecule has 1 amide bonds. The summed E-state index contributed by atoms with van der Waals surface area (Å²) in [5.41, 5.74) is -0.190. The third-order valence-electron chi connectivity index (χ3n) is 2.93. The van der Waals surface area contributed by atoms with Gasteiger partial charge in [0.05, 0.1) is 5.41 Å². The fraction of sp³-hybridized carbons (Fsp3) is 0.909. The summed E-state index contributed by atoms with van der Waals surface area (Å²) in [5.74, 6) is 0.186. The molecule has 1 heterocycles. The van der Waals surface area contributed by atoms with E-state index in [0.717, 1.165) is 45.6 Å². The second-order valence-corrected chi connectivity index (χ2v) is 4.49. The zero-order chi connectivity index (χ0) is 11.1. The molecular formula is C11H23N3O. The molecule has 3 N–H and O–H groups in total. The summed E-state index contributed by atoms with van der Waals surface area (Å²) in [6.07, 6.45) is 2.08. The van der Waals surface area contributed by atoms with Gasteiger partial charge in [-0.25, -0.2) is 0 Å². The molecule has 0 bridgehead atoms. The van der Waals surface area contributed by atoms with Crippen LogP contribution in [-0.2, 0) is 4.79 Å². The highest BCUT2D eigenvalue weighted by atomic mass is 16.2. The number of hydrogen-bond acceptors (Lipinski definition) is 3. The Bertz CT molecular complexity index is 200. The first-order chi connectivity index (χ1) is 7.19. The molecule has 1 aliphatic rings. The minimum Gasteiger partial charge on any atom is -0.354 e. The molecule has 1 saturated heterocycles. The van der Waals surface area contributed by atoms with Crippen LogP contribution in [0.25, 0.3) is 0 Å². The lowest BCUT2D eigenvalue weighted by Gasteiger charge is -2.21. The highest BCUT2D eigenvalue weighted by Gasteiger charge is 2.35. The van der Waals surface area contributed by atoms with Crippen LogP contribution in [0.15, 0.2) is 0 Å². The zero-order valence-corrected chi connectivity index (χ0v) is 9.86. The van der Waals surface area contributed by atoms with E-state index in [1.165, 1.54) is 0 Å². The summed E-state index contributed by atoms with van der Waals surface area (Å²) in [6, 6.07) is 0. The second kappa shape index (κ2) is 6.08. The van der Waals surface area contributed by atoms with Crippen LogP contribution in [0.3, 0.4) is 0 Å². The fourth-order valence-corrected chi connectivity index (χ4v) is 1.79. The summed E-state index contributed by atoms with van der Waals surface area (Å²) in [6.45, 7) is 8.55. The lowest BCUT2D eigenvalue weighted by Crippen LogP contribution is -2.42. The number of amides is 1. The van der Waals surface area contributed by atoms with Gasteiger partial charge in [-0.1, -0.05) is 6.92 Å². The van der Waals surface area contributed by atoms with Crippen LogP contribution < -0.4 is 16.0 Å². The van der Waals surface area contributed by atoms with E-state index in [-0.39, 0.29) is 11.3 Å². The van der Waals surface area contributed by atoms with Crippen LogP contribution in [-0.4, -0.2) is 38.6 Å². The van der Waals surface area contributed by atoms with Gasteiger partial charge in [0.1, 0.15) is 0 Å². The van der Waals surface area contributed by atoms with Crippen molar-refractivity contribution in [2.45, 2.75) is 26.7 Å². The van der Waals surface area contributed by atoms with E-state index in [4.69, 9.17) is 0 Å². The van der Waals surface area contributed by atoms with Gasteiger partial charge in [-0.15, -0.1) is 0 Å². The first-order valence-electron chi connectivity index (χ1n) is 5.89. The van der Waals surface area contributed by atoms with Crippen molar-refractivity contribution in [2.75, 3.05) is 32.7 Å². The van der Waals surface area contributed by atoms with Crippen molar-refractivity contribution in [3.63, 3.8) is 0 Å². The number of carbonyl (C=O) groups is 1. The van der Waals surface area contributed by atoms with Crippen molar-refractivity contribution >= 4 is 5.91 Å². The van der Waals surface area contributed by atoms with Gasteiger partial charge in [0.2, 0.25) is 5.91 Å². The van der Waals surface area contributed by atoms with Crippen molar-refractivity contribution in [2.24, 2.45) is 5.41 Å². The Kier molecular flexibility index (Phi) is 5.05. The normalized spacial score (nSPS) is 25.5. The Hall–Kier alpha value is -0.610. The molecule has 0 aromatic rings. The Morgan fingerprint density at radius 2 is 2.20 bits per heavy atom. The lowest BCUT2D eigenvalue weighted by molar-refractivity contribution is -0.129. The molecule has 0 radical (unpaired) electrons. The predicted molar refractivity (Wildman–Crippen MR) is 61.8 cm³/mol. The molecule has 1 fully saturated rings. The molecule has 0 aliphatic carbocycles. The standard InChI is InChI=1S/C11H23N3O/c1-3-5-12-7-8-14-10(15)11(2)4-6-13-9-11/h12-13H,3-9H2,1-2H3,(H,14,15). The molecule has 1 rings (SSSR count). The van der Waals surface area contributed by atoms with Crippen LogP contribution in [0, 0.1) is 5.41 Å². The maximum atomic E-state index is 11.8. The highest BCUT2D eigenvalue weighted by molar-refractivity contribution is 5.82. The lowest BCUT2D eigenvalue weighted by atomic mass is 9.89. The molecule has 0 aromatic carbocycles. The molecular weight excluding hydrogens is 190 g/mol. The Morgan fingerprint density at radius 3 is 2.80 bits per heavy atom. The van der Waals surface area contributed by atoms with Crippen LogP contribution in [0.1, 0.15) is 26.7 Å². The Balaban J connectivity index is 2.12. The van der Waals surface area contributed by atoms with E-state index in [9.17, 15) is 4.79 Å². The van der Waals surface area contributed by atoms with Crippen molar-refractivity contribution in [1.82, 2.24) is 16.0 Å². The van der Waals surface area contributed by atoms with E-state index in [2.05, 4.69) is 22.9 Å². The monoisotopic (exact) mass is 213 g/mol. The molecule has 0 aromatic heterocycles. The third kappa shape index (κ3) is 3.80. The zero-order valence-electron chi connectivity index (χ0n) is 9.86. The molecule has 0 saturated carbocycles. The number of carbonyl (C=O) groups excluding carboxylic acids is 1. The summed E-state index contributed by atoms with van der Waals surface area (Å²) in [5, 5.41) is 9.47.